The van der Waals surface area contributed by atoms with Crippen molar-refractivity contribution in [3.05, 3.63) is 6.42 Å². The second kappa shape index (κ2) is 3.94. The molecule has 0 amide bonds. The maximum atomic E-state index is 5.20. The Morgan fingerprint density at radius 3 is 2.50 bits per heavy atom. The monoisotopic (exact) mass is 142 g/mol. The molecule has 0 aromatic carbocycles. The van der Waals surface area contributed by atoms with Gasteiger partial charge in [0.1, 0.15) is 6.23 Å². The molecule has 0 aliphatic carbocycles. The molecule has 2 nitrogen and oxygen atoms in total. The molecule has 2 heteroatoms. The molecule has 0 spiro atoms. The topological polar surface area (TPSA) is 12.5 Å². The van der Waals surface area contributed by atoms with Crippen LogP contribution >= 0.6 is 0 Å². The van der Waals surface area contributed by atoms with Crippen molar-refractivity contribution in [3.8, 4) is 0 Å². The Balaban J connectivity index is 2.24. The van der Waals surface area contributed by atoms with Crippen molar-refractivity contribution >= 4 is 0 Å². The minimum absolute atomic E-state index is 0.300. The van der Waals surface area contributed by atoms with Crippen LogP contribution in [0.5, 0.6) is 0 Å². The zero-order valence-corrected chi connectivity index (χ0v) is 6.84. The highest BCUT2D eigenvalue weighted by Crippen LogP contribution is 2.10. The van der Waals surface area contributed by atoms with Crippen LogP contribution in [0.1, 0.15) is 19.8 Å². The Morgan fingerprint density at radius 2 is 2.00 bits per heavy atom. The standard InChI is InChI=1S/C8H16NO/c1-8(10-2)9-6-4-3-5-7-9/h3,8H,4-7H2,1-2H3. The van der Waals surface area contributed by atoms with Crippen LogP contribution in [0.3, 0.4) is 0 Å². The summed E-state index contributed by atoms with van der Waals surface area (Å²) in [7, 11) is 1.77. The zero-order chi connectivity index (χ0) is 7.40. The van der Waals surface area contributed by atoms with Crippen LogP contribution in [-0.2, 0) is 4.74 Å². The number of methoxy groups -OCH3 is 1. The third-order valence-electron chi connectivity index (χ3n) is 2.10. The van der Waals surface area contributed by atoms with Crippen molar-refractivity contribution in [2.24, 2.45) is 0 Å². The summed E-state index contributed by atoms with van der Waals surface area (Å²) >= 11 is 0. The van der Waals surface area contributed by atoms with E-state index in [0.717, 1.165) is 13.1 Å². The molecule has 0 saturated carbocycles. The lowest BCUT2D eigenvalue weighted by atomic mass is 10.1. The van der Waals surface area contributed by atoms with E-state index in [1.807, 2.05) is 0 Å². The average Bonchev–Trinajstić information content (AvgIpc) is 2.05. The Bertz CT molecular complexity index is 89.3. The van der Waals surface area contributed by atoms with Crippen molar-refractivity contribution in [1.82, 2.24) is 4.90 Å². The molecule has 1 radical (unpaired) electrons. The molecule has 1 unspecified atom stereocenters. The Morgan fingerprint density at radius 1 is 1.40 bits per heavy atom. The van der Waals surface area contributed by atoms with Crippen molar-refractivity contribution < 1.29 is 4.74 Å². The van der Waals surface area contributed by atoms with Crippen molar-refractivity contribution in [1.29, 1.82) is 0 Å². The van der Waals surface area contributed by atoms with Crippen LogP contribution in [0, 0.1) is 6.42 Å². The molecule has 1 fully saturated rings. The normalized spacial score (nSPS) is 24.6. The quantitative estimate of drug-likeness (QED) is 0.576. The Hall–Kier alpha value is -0.0800. The average molecular weight is 142 g/mol. The lowest BCUT2D eigenvalue weighted by Crippen LogP contribution is -2.38. The third-order valence-corrected chi connectivity index (χ3v) is 2.10. The molecule has 0 aromatic heterocycles. The van der Waals surface area contributed by atoms with Gasteiger partial charge in [0.2, 0.25) is 0 Å². The molecule has 1 atom stereocenters. The molecule has 59 valence electrons. The van der Waals surface area contributed by atoms with Crippen LogP contribution < -0.4 is 0 Å². The molecule has 10 heavy (non-hydrogen) atoms. The summed E-state index contributed by atoms with van der Waals surface area (Å²) in [4.78, 5) is 2.36. The van der Waals surface area contributed by atoms with Crippen molar-refractivity contribution in [2.45, 2.75) is 26.0 Å². The van der Waals surface area contributed by atoms with Gasteiger partial charge in [-0.1, -0.05) is 0 Å². The summed E-state index contributed by atoms with van der Waals surface area (Å²) in [6.07, 6.45) is 5.08. The predicted molar refractivity (Wildman–Crippen MR) is 41.6 cm³/mol. The fourth-order valence-electron chi connectivity index (χ4n) is 1.28. The second-order valence-electron chi connectivity index (χ2n) is 2.74. The molecule has 1 aliphatic heterocycles. The van der Waals surface area contributed by atoms with Crippen LogP contribution in [0.25, 0.3) is 0 Å². The molecule has 0 bridgehead atoms. The molecule has 1 saturated heterocycles. The third kappa shape index (κ3) is 1.96. The van der Waals surface area contributed by atoms with E-state index in [0.29, 0.717) is 6.23 Å². The first kappa shape index (κ1) is 8.02. The maximum absolute atomic E-state index is 5.20. The van der Waals surface area contributed by atoms with Crippen LogP contribution in [0.2, 0.25) is 0 Å². The number of rotatable bonds is 2. The van der Waals surface area contributed by atoms with E-state index in [9.17, 15) is 0 Å². The number of hydrogen-bond donors (Lipinski definition) is 0. The smallest absolute Gasteiger partial charge is 0.107 e. The van der Waals surface area contributed by atoms with Crippen molar-refractivity contribution in [3.63, 3.8) is 0 Å². The first-order chi connectivity index (χ1) is 4.84. The van der Waals surface area contributed by atoms with E-state index in [1.54, 1.807) is 7.11 Å². The van der Waals surface area contributed by atoms with Gasteiger partial charge in [0.15, 0.2) is 0 Å². The van der Waals surface area contributed by atoms with Gasteiger partial charge < -0.3 is 4.74 Å². The highest BCUT2D eigenvalue weighted by Gasteiger charge is 2.14. The molecule has 0 N–H and O–H groups in total. The highest BCUT2D eigenvalue weighted by atomic mass is 16.5. The van der Waals surface area contributed by atoms with Crippen LogP contribution in [0.4, 0.5) is 0 Å². The second-order valence-corrected chi connectivity index (χ2v) is 2.74. The van der Waals surface area contributed by atoms with E-state index in [1.165, 1.54) is 12.8 Å². The summed E-state index contributed by atoms with van der Waals surface area (Å²) in [6, 6.07) is 0. The van der Waals surface area contributed by atoms with E-state index in [4.69, 9.17) is 4.74 Å². The van der Waals surface area contributed by atoms with E-state index < -0.39 is 0 Å². The van der Waals surface area contributed by atoms with Gasteiger partial charge in [0.05, 0.1) is 0 Å². The molecule has 1 heterocycles. The summed E-state index contributed by atoms with van der Waals surface area (Å²) in [5.41, 5.74) is 0. The predicted octanol–water partition coefficient (Wildman–Crippen LogP) is 1.28. The van der Waals surface area contributed by atoms with Crippen LogP contribution in [-0.4, -0.2) is 31.3 Å². The van der Waals surface area contributed by atoms with Gasteiger partial charge in [-0.25, -0.2) is 0 Å². The lowest BCUT2D eigenvalue weighted by Gasteiger charge is -2.30. The van der Waals surface area contributed by atoms with E-state index >= 15 is 0 Å². The van der Waals surface area contributed by atoms with Gasteiger partial charge in [-0.15, -0.1) is 0 Å². The van der Waals surface area contributed by atoms with Gasteiger partial charge in [-0.05, 0) is 26.2 Å². The Kier molecular flexibility index (Phi) is 3.16. The maximum Gasteiger partial charge on any atom is 0.107 e. The molecule has 1 rings (SSSR count). The van der Waals surface area contributed by atoms with Gasteiger partial charge in [-0.2, -0.15) is 0 Å². The zero-order valence-electron chi connectivity index (χ0n) is 6.84. The number of piperidine rings is 1. The first-order valence-corrected chi connectivity index (χ1v) is 3.93. The largest absolute Gasteiger partial charge is 0.367 e. The molecule has 1 aliphatic rings. The number of ether oxygens (including phenoxy) is 1. The minimum atomic E-state index is 0.300. The summed E-state index contributed by atoms with van der Waals surface area (Å²) < 4.78 is 5.20. The molecular weight excluding hydrogens is 126 g/mol. The number of hydrogen-bond acceptors (Lipinski definition) is 2. The fourth-order valence-corrected chi connectivity index (χ4v) is 1.28. The first-order valence-electron chi connectivity index (χ1n) is 3.93. The highest BCUT2D eigenvalue weighted by molar-refractivity contribution is 4.76. The van der Waals surface area contributed by atoms with Gasteiger partial charge in [0.25, 0.3) is 0 Å². The molecule has 0 aromatic rings. The molecular formula is C8H16NO. The minimum Gasteiger partial charge on any atom is -0.367 e. The lowest BCUT2D eigenvalue weighted by molar-refractivity contribution is -0.0231. The fraction of sp³-hybridized carbons (Fsp3) is 0.875. The summed E-state index contributed by atoms with van der Waals surface area (Å²) in [6.45, 7) is 4.43. The van der Waals surface area contributed by atoms with E-state index in [-0.39, 0.29) is 0 Å². The van der Waals surface area contributed by atoms with E-state index in [2.05, 4.69) is 18.2 Å². The van der Waals surface area contributed by atoms with Gasteiger partial charge in [0, 0.05) is 20.2 Å². The summed E-state index contributed by atoms with van der Waals surface area (Å²) in [5, 5.41) is 0. The Labute approximate surface area is 63.2 Å². The van der Waals surface area contributed by atoms with Gasteiger partial charge in [-0.3, -0.25) is 4.90 Å². The summed E-state index contributed by atoms with van der Waals surface area (Å²) in [5.74, 6) is 0. The van der Waals surface area contributed by atoms with Crippen molar-refractivity contribution in [2.75, 3.05) is 20.2 Å². The number of likely N-dealkylation sites (tertiary alicyclic amines) is 1. The van der Waals surface area contributed by atoms with Crippen LogP contribution in [0.15, 0.2) is 0 Å². The van der Waals surface area contributed by atoms with Gasteiger partial charge >= 0.3 is 0 Å². The number of nitrogens with zero attached hydrogens (tertiary/aromatic N) is 1. The SMILES string of the molecule is COC(C)N1CC[CH]CC1.